The summed E-state index contributed by atoms with van der Waals surface area (Å²) >= 11 is 0. The summed E-state index contributed by atoms with van der Waals surface area (Å²) in [5.41, 5.74) is -0.584. The largest absolute Gasteiger partial charge is 1.00 e. The Balaban J connectivity index is 0.00000364. The molecule has 0 fully saturated rings. The van der Waals surface area contributed by atoms with Gasteiger partial charge in [-0.1, -0.05) is 25.1 Å². The number of aromatic carboxylic acids is 1. The molecular formula is C17H17N2NaO6S. The predicted octanol–water partition coefficient (Wildman–Crippen LogP) is -1.77. The van der Waals surface area contributed by atoms with Crippen molar-refractivity contribution in [1.29, 1.82) is 0 Å². The van der Waals surface area contributed by atoms with E-state index in [-0.39, 0.29) is 53.2 Å². The summed E-state index contributed by atoms with van der Waals surface area (Å²) < 4.78 is 29.5. The van der Waals surface area contributed by atoms with Crippen LogP contribution < -0.4 is 49.9 Å². The molecule has 0 unspecified atom stereocenters. The van der Waals surface area contributed by atoms with Crippen molar-refractivity contribution in [3.8, 4) is 11.5 Å². The molecule has 0 bridgehead atoms. The number of carbonyl (C=O) groups is 2. The molecule has 1 amide bonds. The molecule has 10 heteroatoms. The summed E-state index contributed by atoms with van der Waals surface area (Å²) in [4.78, 5) is 22.6. The van der Waals surface area contributed by atoms with E-state index in [2.05, 4.69) is 5.32 Å². The number of ether oxygens (including phenoxy) is 1. The van der Waals surface area contributed by atoms with Crippen molar-refractivity contribution < 1.29 is 57.4 Å². The smallest absolute Gasteiger partial charge is 0.545 e. The Morgan fingerprint density at radius 1 is 1.19 bits per heavy atom. The number of sulfonamides is 1. The fourth-order valence-electron chi connectivity index (χ4n) is 2.18. The second-order valence-corrected chi connectivity index (χ2v) is 6.93. The minimum Gasteiger partial charge on any atom is -0.545 e. The third-order valence-electron chi connectivity index (χ3n) is 3.31. The SMILES string of the molecule is CCCC(=O)Nc1cc(C(=O)[O-])cc(S(N)(=O)=O)c1Oc1ccccc1.[Na+]. The number of rotatable bonds is 7. The first-order valence-electron chi connectivity index (χ1n) is 7.67. The van der Waals surface area contributed by atoms with Gasteiger partial charge in [0.1, 0.15) is 10.6 Å². The van der Waals surface area contributed by atoms with Crippen LogP contribution in [0.25, 0.3) is 0 Å². The number of carboxylic acids is 1. The van der Waals surface area contributed by atoms with Crippen molar-refractivity contribution in [1.82, 2.24) is 0 Å². The zero-order valence-electron chi connectivity index (χ0n) is 14.9. The molecule has 0 aliphatic carbocycles. The van der Waals surface area contributed by atoms with Crippen molar-refractivity contribution >= 4 is 27.6 Å². The Morgan fingerprint density at radius 2 is 1.81 bits per heavy atom. The molecule has 2 rings (SSSR count). The van der Waals surface area contributed by atoms with E-state index in [0.29, 0.717) is 6.42 Å². The average Bonchev–Trinajstić information content (AvgIpc) is 2.56. The van der Waals surface area contributed by atoms with Crippen molar-refractivity contribution in [2.24, 2.45) is 5.14 Å². The number of nitrogens with two attached hydrogens (primary N) is 1. The Bertz CT molecular complexity index is 932. The molecule has 8 nitrogen and oxygen atoms in total. The standard InChI is InChI=1S/C17H18N2O6S.Na/c1-2-6-15(20)19-13-9-11(17(21)22)10-14(26(18,23)24)16(13)25-12-7-4-3-5-8-12;/h3-5,7-10H,2,6H2,1H3,(H,19,20)(H,21,22)(H2,18,23,24);/q;+1/p-1. The van der Waals surface area contributed by atoms with Gasteiger partial charge in [-0.15, -0.1) is 0 Å². The molecule has 3 N–H and O–H groups in total. The Kier molecular flexibility index (Phi) is 8.45. The summed E-state index contributed by atoms with van der Waals surface area (Å²) in [7, 11) is -4.35. The third kappa shape index (κ3) is 6.33. The van der Waals surface area contributed by atoms with Gasteiger partial charge in [-0.2, -0.15) is 0 Å². The number of hydrogen-bond donors (Lipinski definition) is 2. The van der Waals surface area contributed by atoms with E-state index in [9.17, 15) is 23.1 Å². The third-order valence-corrected chi connectivity index (χ3v) is 4.23. The van der Waals surface area contributed by atoms with Crippen LogP contribution in [-0.4, -0.2) is 20.3 Å². The number of para-hydroxylation sites is 1. The van der Waals surface area contributed by atoms with Gasteiger partial charge in [-0.25, -0.2) is 13.6 Å². The van der Waals surface area contributed by atoms with Crippen LogP contribution in [0.2, 0.25) is 0 Å². The summed E-state index contributed by atoms with van der Waals surface area (Å²) in [5.74, 6) is -2.04. The second kappa shape index (κ2) is 9.86. The van der Waals surface area contributed by atoms with Gasteiger partial charge in [0.25, 0.3) is 0 Å². The molecule has 0 saturated heterocycles. The van der Waals surface area contributed by atoms with E-state index in [1.807, 2.05) is 0 Å². The molecule has 0 aliphatic heterocycles. The normalized spacial score (nSPS) is 10.6. The van der Waals surface area contributed by atoms with Crippen LogP contribution in [0, 0.1) is 0 Å². The molecule has 0 aliphatic rings. The van der Waals surface area contributed by atoms with Crippen LogP contribution in [0.15, 0.2) is 47.4 Å². The Hall–Kier alpha value is -1.91. The number of carbonyl (C=O) groups excluding carboxylic acids is 2. The monoisotopic (exact) mass is 400 g/mol. The van der Waals surface area contributed by atoms with Gasteiger partial charge < -0.3 is 20.0 Å². The van der Waals surface area contributed by atoms with Gasteiger partial charge in [-0.3, -0.25) is 4.79 Å². The summed E-state index contributed by atoms with van der Waals surface area (Å²) in [6.45, 7) is 1.79. The van der Waals surface area contributed by atoms with Crippen molar-refractivity contribution in [3.05, 3.63) is 48.0 Å². The van der Waals surface area contributed by atoms with E-state index in [4.69, 9.17) is 9.88 Å². The van der Waals surface area contributed by atoms with Crippen LogP contribution in [0.5, 0.6) is 11.5 Å². The molecule has 0 radical (unpaired) electrons. The molecule has 0 spiro atoms. The van der Waals surface area contributed by atoms with Gasteiger partial charge in [0.05, 0.1) is 11.7 Å². The second-order valence-electron chi connectivity index (χ2n) is 5.40. The van der Waals surface area contributed by atoms with Gasteiger partial charge in [0.2, 0.25) is 15.9 Å². The maximum absolute atomic E-state index is 12.0. The number of anilines is 1. The van der Waals surface area contributed by atoms with Crippen LogP contribution in [0.1, 0.15) is 30.1 Å². The Labute approximate surface area is 179 Å². The minimum atomic E-state index is -4.35. The summed E-state index contributed by atoms with van der Waals surface area (Å²) in [6, 6.07) is 10.1. The van der Waals surface area contributed by atoms with E-state index >= 15 is 0 Å². The summed E-state index contributed by atoms with van der Waals surface area (Å²) in [6.07, 6.45) is 0.702. The van der Waals surface area contributed by atoms with E-state index in [0.717, 1.165) is 12.1 Å². The first kappa shape index (κ1) is 23.1. The quantitative estimate of drug-likeness (QED) is 0.528. The number of carboxylic acid groups (broad SMARTS) is 1. The van der Waals surface area contributed by atoms with Crippen molar-refractivity contribution in [2.75, 3.05) is 5.32 Å². The molecule has 2 aromatic carbocycles. The summed E-state index contributed by atoms with van der Waals surface area (Å²) in [5, 5.41) is 18.9. The van der Waals surface area contributed by atoms with Crippen LogP contribution in [0.3, 0.4) is 0 Å². The van der Waals surface area contributed by atoms with Gasteiger partial charge in [0.15, 0.2) is 5.75 Å². The fourth-order valence-corrected chi connectivity index (χ4v) is 2.88. The first-order valence-corrected chi connectivity index (χ1v) is 9.22. The molecule has 0 aromatic heterocycles. The first-order chi connectivity index (χ1) is 12.2. The molecule has 0 atom stereocenters. The molecule has 0 saturated carbocycles. The van der Waals surface area contributed by atoms with Crippen molar-refractivity contribution in [3.63, 3.8) is 0 Å². The maximum atomic E-state index is 12.0. The average molecular weight is 400 g/mol. The zero-order chi connectivity index (χ0) is 19.3. The van der Waals surface area contributed by atoms with Crippen LogP contribution in [-0.2, 0) is 14.8 Å². The topological polar surface area (TPSA) is 139 Å². The van der Waals surface area contributed by atoms with Crippen molar-refractivity contribution in [2.45, 2.75) is 24.7 Å². The minimum absolute atomic E-state index is 0. The molecular weight excluding hydrogens is 383 g/mol. The number of benzene rings is 2. The molecule has 27 heavy (non-hydrogen) atoms. The number of amides is 1. The number of hydrogen-bond acceptors (Lipinski definition) is 6. The number of primary sulfonamides is 1. The van der Waals surface area contributed by atoms with Gasteiger partial charge in [0, 0.05) is 12.0 Å². The van der Waals surface area contributed by atoms with Crippen LogP contribution in [0.4, 0.5) is 5.69 Å². The van der Waals surface area contributed by atoms with Crippen LogP contribution >= 0.6 is 0 Å². The van der Waals surface area contributed by atoms with E-state index in [1.54, 1.807) is 37.3 Å². The van der Waals surface area contributed by atoms with E-state index < -0.39 is 32.4 Å². The fraction of sp³-hybridized carbons (Fsp3) is 0.176. The molecule has 0 heterocycles. The van der Waals surface area contributed by atoms with Gasteiger partial charge in [-0.05, 0) is 30.7 Å². The molecule has 138 valence electrons. The van der Waals surface area contributed by atoms with Gasteiger partial charge >= 0.3 is 29.6 Å². The maximum Gasteiger partial charge on any atom is 1.00 e. The van der Waals surface area contributed by atoms with E-state index in [1.165, 1.54) is 0 Å². The predicted molar refractivity (Wildman–Crippen MR) is 92.2 cm³/mol. The number of nitrogens with one attached hydrogen (secondary N) is 1. The zero-order valence-corrected chi connectivity index (χ0v) is 17.7. The Morgan fingerprint density at radius 3 is 2.33 bits per heavy atom. The molecule has 2 aromatic rings.